The number of halogens is 2. The molecule has 0 spiro atoms. The maximum absolute atomic E-state index is 13.3. The van der Waals surface area contributed by atoms with E-state index in [4.69, 9.17) is 4.74 Å². The number of hydrazine groups is 1. The Morgan fingerprint density at radius 2 is 1.71 bits per heavy atom. The highest BCUT2D eigenvalue weighted by Gasteiger charge is 2.04. The fourth-order valence-corrected chi connectivity index (χ4v) is 1.66. The summed E-state index contributed by atoms with van der Waals surface area (Å²) in [6.45, 7) is -0.358. The quantitative estimate of drug-likeness (QED) is 0.652. The molecule has 0 saturated carbocycles. The highest BCUT2D eigenvalue weighted by atomic mass is 19.1. The van der Waals surface area contributed by atoms with Crippen molar-refractivity contribution in [1.29, 1.82) is 0 Å². The van der Waals surface area contributed by atoms with Gasteiger partial charge in [-0.05, 0) is 36.4 Å². The Bertz CT molecular complexity index is 746. The van der Waals surface area contributed by atoms with E-state index < -0.39 is 23.4 Å². The lowest BCUT2D eigenvalue weighted by Gasteiger charge is -2.07. The predicted molar refractivity (Wildman–Crippen MR) is 83.6 cm³/mol. The molecule has 0 saturated heterocycles. The zero-order chi connectivity index (χ0) is 17.4. The lowest BCUT2D eigenvalue weighted by atomic mass is 10.2. The Hall–Kier alpha value is -3.22. The molecule has 2 aromatic carbocycles. The van der Waals surface area contributed by atoms with Crippen LogP contribution >= 0.6 is 0 Å². The van der Waals surface area contributed by atoms with Crippen LogP contribution in [0.3, 0.4) is 0 Å². The average molecular weight is 332 g/mol. The van der Waals surface area contributed by atoms with Crippen molar-refractivity contribution in [2.24, 2.45) is 0 Å². The first-order valence-corrected chi connectivity index (χ1v) is 6.94. The van der Waals surface area contributed by atoms with E-state index >= 15 is 0 Å². The smallest absolute Gasteiger partial charge is 0.276 e. The van der Waals surface area contributed by atoms with Crippen LogP contribution in [0.5, 0.6) is 5.75 Å². The molecule has 0 aromatic heterocycles. The van der Waals surface area contributed by atoms with E-state index in [1.807, 2.05) is 0 Å². The van der Waals surface area contributed by atoms with E-state index in [1.54, 1.807) is 6.07 Å². The molecule has 2 N–H and O–H groups in total. The lowest BCUT2D eigenvalue weighted by molar-refractivity contribution is -0.128. The van der Waals surface area contributed by atoms with Crippen LogP contribution in [-0.4, -0.2) is 18.4 Å². The third-order valence-electron chi connectivity index (χ3n) is 2.83. The van der Waals surface area contributed by atoms with E-state index in [-0.39, 0.29) is 12.2 Å². The summed E-state index contributed by atoms with van der Waals surface area (Å²) in [6.07, 6.45) is 2.37. The van der Waals surface area contributed by atoms with Crippen LogP contribution in [0.1, 0.15) is 5.56 Å². The van der Waals surface area contributed by atoms with Crippen molar-refractivity contribution >= 4 is 17.9 Å². The van der Waals surface area contributed by atoms with Crippen molar-refractivity contribution < 1.29 is 23.1 Å². The molecule has 0 bridgehead atoms. The fraction of sp³-hybridized carbons (Fsp3) is 0.0588. The summed E-state index contributed by atoms with van der Waals surface area (Å²) < 4.78 is 31.2. The first kappa shape index (κ1) is 17.1. The third kappa shape index (κ3) is 5.53. The predicted octanol–water partition coefficient (Wildman–Crippen LogP) is 2.20. The first-order chi connectivity index (χ1) is 11.5. The molecular weight excluding hydrogens is 318 g/mol. The molecule has 124 valence electrons. The summed E-state index contributed by atoms with van der Waals surface area (Å²) in [6, 6.07) is 11.1. The van der Waals surface area contributed by atoms with Crippen LogP contribution < -0.4 is 15.6 Å². The van der Waals surface area contributed by atoms with E-state index in [0.29, 0.717) is 5.75 Å². The van der Waals surface area contributed by atoms with Crippen LogP contribution in [-0.2, 0) is 9.59 Å². The largest absolute Gasteiger partial charge is 0.484 e. The fourth-order valence-electron chi connectivity index (χ4n) is 1.66. The normalized spacial score (nSPS) is 10.4. The van der Waals surface area contributed by atoms with Gasteiger partial charge >= 0.3 is 0 Å². The van der Waals surface area contributed by atoms with Crippen LogP contribution in [0.25, 0.3) is 6.08 Å². The average Bonchev–Trinajstić information content (AvgIpc) is 2.58. The zero-order valence-corrected chi connectivity index (χ0v) is 12.5. The van der Waals surface area contributed by atoms with Crippen LogP contribution in [0.15, 0.2) is 54.6 Å². The molecule has 2 rings (SSSR count). The van der Waals surface area contributed by atoms with Gasteiger partial charge in [0.05, 0.1) is 0 Å². The number of ether oxygens (including phenoxy) is 1. The van der Waals surface area contributed by atoms with E-state index in [0.717, 1.165) is 6.08 Å². The monoisotopic (exact) mass is 332 g/mol. The second kappa shape index (κ2) is 8.42. The van der Waals surface area contributed by atoms with Crippen molar-refractivity contribution in [2.75, 3.05) is 6.61 Å². The molecule has 0 aliphatic rings. The van der Waals surface area contributed by atoms with Gasteiger partial charge in [-0.2, -0.15) is 0 Å². The highest BCUT2D eigenvalue weighted by Crippen LogP contribution is 2.10. The van der Waals surface area contributed by atoms with Gasteiger partial charge in [-0.25, -0.2) is 8.78 Å². The van der Waals surface area contributed by atoms with Crippen LogP contribution in [0.4, 0.5) is 8.78 Å². The van der Waals surface area contributed by atoms with E-state index in [1.165, 1.54) is 48.5 Å². The number of carbonyl (C=O) groups is 2. The molecule has 5 nitrogen and oxygen atoms in total. The van der Waals surface area contributed by atoms with Gasteiger partial charge < -0.3 is 4.74 Å². The summed E-state index contributed by atoms with van der Waals surface area (Å²) in [4.78, 5) is 23.0. The van der Waals surface area contributed by atoms with Crippen molar-refractivity contribution in [3.63, 3.8) is 0 Å². The SMILES string of the molecule is O=C(/C=C/c1ccccc1F)NNC(=O)COc1ccc(F)cc1. The minimum atomic E-state index is -0.631. The molecule has 0 heterocycles. The standard InChI is InChI=1S/C17H14F2N2O3/c18-13-6-8-14(9-7-13)24-11-17(23)21-20-16(22)10-5-12-3-1-2-4-15(12)19/h1-10H,11H2,(H,20,22)(H,21,23)/b10-5+. The van der Waals surface area contributed by atoms with Gasteiger partial charge in [0.1, 0.15) is 17.4 Å². The Labute approximate surface area is 136 Å². The summed E-state index contributed by atoms with van der Waals surface area (Å²) in [7, 11) is 0. The van der Waals surface area contributed by atoms with Crippen LogP contribution in [0, 0.1) is 11.6 Å². The molecule has 2 aromatic rings. The van der Waals surface area contributed by atoms with Gasteiger partial charge in [-0.3, -0.25) is 20.4 Å². The number of hydrogen-bond donors (Lipinski definition) is 2. The van der Waals surface area contributed by atoms with Crippen molar-refractivity contribution in [3.05, 3.63) is 71.8 Å². The summed E-state index contributed by atoms with van der Waals surface area (Å²) in [5, 5.41) is 0. The Balaban J connectivity index is 1.74. The van der Waals surface area contributed by atoms with Gasteiger partial charge in [-0.1, -0.05) is 18.2 Å². The molecule has 7 heteroatoms. The summed E-state index contributed by atoms with van der Waals surface area (Å²) in [5.74, 6) is -1.79. The summed E-state index contributed by atoms with van der Waals surface area (Å²) in [5.41, 5.74) is 4.51. The molecule has 0 radical (unpaired) electrons. The topological polar surface area (TPSA) is 67.4 Å². The lowest BCUT2D eigenvalue weighted by Crippen LogP contribution is -2.43. The van der Waals surface area contributed by atoms with E-state index in [2.05, 4.69) is 10.9 Å². The maximum atomic E-state index is 13.3. The second-order valence-corrected chi connectivity index (χ2v) is 4.63. The maximum Gasteiger partial charge on any atom is 0.276 e. The molecule has 2 amide bonds. The van der Waals surface area contributed by atoms with Crippen molar-refractivity contribution in [3.8, 4) is 5.75 Å². The minimum absolute atomic E-state index is 0.249. The number of rotatable bonds is 5. The molecule has 24 heavy (non-hydrogen) atoms. The zero-order valence-electron chi connectivity index (χ0n) is 12.5. The number of hydrogen-bond acceptors (Lipinski definition) is 3. The number of amides is 2. The minimum Gasteiger partial charge on any atom is -0.484 e. The van der Waals surface area contributed by atoms with Gasteiger partial charge in [0, 0.05) is 11.6 Å². The molecule has 0 aliphatic carbocycles. The molecule has 0 unspecified atom stereocenters. The Kier molecular flexibility index (Phi) is 6.01. The van der Waals surface area contributed by atoms with Gasteiger partial charge in [0.25, 0.3) is 11.8 Å². The number of nitrogens with one attached hydrogen (secondary N) is 2. The van der Waals surface area contributed by atoms with Crippen molar-refractivity contribution in [1.82, 2.24) is 10.9 Å². The molecular formula is C17H14F2N2O3. The van der Waals surface area contributed by atoms with Gasteiger partial charge in [0.2, 0.25) is 0 Å². The van der Waals surface area contributed by atoms with Crippen LogP contribution in [0.2, 0.25) is 0 Å². The first-order valence-electron chi connectivity index (χ1n) is 6.94. The van der Waals surface area contributed by atoms with E-state index in [9.17, 15) is 18.4 Å². The third-order valence-corrected chi connectivity index (χ3v) is 2.83. The Morgan fingerprint density at radius 3 is 2.42 bits per heavy atom. The second-order valence-electron chi connectivity index (χ2n) is 4.63. The number of carbonyl (C=O) groups excluding carboxylic acids is 2. The van der Waals surface area contributed by atoms with Crippen molar-refractivity contribution in [2.45, 2.75) is 0 Å². The molecule has 0 fully saturated rings. The molecule has 0 atom stereocenters. The highest BCUT2D eigenvalue weighted by molar-refractivity contribution is 5.93. The van der Waals surface area contributed by atoms with Gasteiger partial charge in [-0.15, -0.1) is 0 Å². The molecule has 0 aliphatic heterocycles. The summed E-state index contributed by atoms with van der Waals surface area (Å²) >= 11 is 0. The number of benzene rings is 2. The van der Waals surface area contributed by atoms with Gasteiger partial charge in [0.15, 0.2) is 6.61 Å². The Morgan fingerprint density at radius 1 is 1.00 bits per heavy atom.